The molecule has 0 aliphatic rings. The van der Waals surface area contributed by atoms with Crippen molar-refractivity contribution in [2.45, 2.75) is 18.7 Å². The van der Waals surface area contributed by atoms with Gasteiger partial charge in [-0.1, -0.05) is 6.07 Å². The van der Waals surface area contributed by atoms with Gasteiger partial charge in [0.05, 0.1) is 16.7 Å². The second kappa shape index (κ2) is 6.85. The third-order valence-electron chi connectivity index (χ3n) is 3.43. The molecule has 0 saturated heterocycles. The van der Waals surface area contributed by atoms with E-state index in [2.05, 4.69) is 15.6 Å². The molecule has 8 nitrogen and oxygen atoms in total. The first-order valence-electron chi connectivity index (χ1n) is 6.95. The van der Waals surface area contributed by atoms with Crippen molar-refractivity contribution in [2.75, 3.05) is 7.05 Å². The van der Waals surface area contributed by atoms with Crippen LogP contribution in [-0.2, 0) is 10.0 Å². The van der Waals surface area contributed by atoms with E-state index in [0.29, 0.717) is 16.9 Å². The molecule has 0 fully saturated rings. The lowest BCUT2D eigenvalue weighted by Crippen LogP contribution is -2.42. The van der Waals surface area contributed by atoms with Gasteiger partial charge in [-0.2, -0.15) is 0 Å². The highest BCUT2D eigenvalue weighted by Gasteiger charge is 2.18. The average Bonchev–Trinajstić information content (AvgIpc) is 2.98. The molecule has 3 N–H and O–H groups in total. The number of benzene rings is 1. The van der Waals surface area contributed by atoms with Gasteiger partial charge in [-0.3, -0.25) is 20.4 Å². The summed E-state index contributed by atoms with van der Waals surface area (Å²) in [5.41, 5.74) is 5.51. The Morgan fingerprint density at radius 1 is 1.00 bits per heavy atom. The van der Waals surface area contributed by atoms with Crippen molar-refractivity contribution in [3.63, 3.8) is 0 Å². The highest BCUT2D eigenvalue weighted by molar-refractivity contribution is 7.89. The molecule has 1 aromatic carbocycles. The molecule has 0 radical (unpaired) electrons. The SMILES string of the molecule is CNS(=O)(=O)c1ccc(C)c(C(=O)NNC(=O)c2ccoc2C)c1. The number of hydrogen-bond donors (Lipinski definition) is 3. The molecule has 0 atom stereocenters. The second-order valence-electron chi connectivity index (χ2n) is 4.98. The minimum atomic E-state index is -3.67. The van der Waals surface area contributed by atoms with E-state index in [0.717, 1.165) is 0 Å². The molecule has 2 aromatic rings. The van der Waals surface area contributed by atoms with Gasteiger partial charge >= 0.3 is 0 Å². The van der Waals surface area contributed by atoms with E-state index in [1.807, 2.05) is 0 Å². The fraction of sp³-hybridized carbons (Fsp3) is 0.200. The van der Waals surface area contributed by atoms with Gasteiger partial charge in [-0.15, -0.1) is 0 Å². The summed E-state index contributed by atoms with van der Waals surface area (Å²) in [5, 5.41) is 0. The van der Waals surface area contributed by atoms with E-state index in [4.69, 9.17) is 4.42 Å². The summed E-state index contributed by atoms with van der Waals surface area (Å²) in [4.78, 5) is 24.1. The van der Waals surface area contributed by atoms with Crippen LogP contribution in [0, 0.1) is 13.8 Å². The van der Waals surface area contributed by atoms with Gasteiger partial charge in [0.15, 0.2) is 0 Å². The summed E-state index contributed by atoms with van der Waals surface area (Å²) in [5.74, 6) is -0.749. The van der Waals surface area contributed by atoms with Crippen molar-refractivity contribution in [3.05, 3.63) is 53.0 Å². The number of carbonyl (C=O) groups is 2. The summed E-state index contributed by atoms with van der Waals surface area (Å²) in [6.45, 7) is 3.28. The van der Waals surface area contributed by atoms with Crippen LogP contribution < -0.4 is 15.6 Å². The third-order valence-corrected chi connectivity index (χ3v) is 4.84. The van der Waals surface area contributed by atoms with E-state index in [1.54, 1.807) is 13.8 Å². The molecule has 9 heteroatoms. The van der Waals surface area contributed by atoms with Gasteiger partial charge in [0.2, 0.25) is 10.0 Å². The Morgan fingerprint density at radius 2 is 1.62 bits per heavy atom. The zero-order chi connectivity index (χ0) is 17.9. The Hall–Kier alpha value is -2.65. The molecule has 0 bridgehead atoms. The number of aryl methyl sites for hydroxylation is 2. The summed E-state index contributed by atoms with van der Waals surface area (Å²) in [7, 11) is -2.39. The molecule has 1 aromatic heterocycles. The standard InChI is InChI=1S/C15H17N3O5S/c1-9-4-5-11(24(21,22)16-3)8-13(9)15(20)18-17-14(19)12-6-7-23-10(12)2/h4-8,16H,1-3H3,(H,17,19)(H,18,20). The van der Waals surface area contributed by atoms with Crippen molar-refractivity contribution >= 4 is 21.8 Å². The molecule has 0 aliphatic carbocycles. The van der Waals surface area contributed by atoms with E-state index in [9.17, 15) is 18.0 Å². The number of nitrogens with one attached hydrogen (secondary N) is 3. The Labute approximate surface area is 139 Å². The molecular formula is C15H17N3O5S. The number of sulfonamides is 1. The number of amides is 2. The molecule has 0 spiro atoms. The maximum absolute atomic E-state index is 12.2. The van der Waals surface area contributed by atoms with E-state index in [1.165, 1.54) is 37.6 Å². The Bertz CT molecular complexity index is 886. The molecule has 0 saturated carbocycles. The Kier molecular flexibility index (Phi) is 5.05. The first-order chi connectivity index (χ1) is 11.3. The lowest BCUT2D eigenvalue weighted by Gasteiger charge is -2.10. The molecule has 0 aliphatic heterocycles. The average molecular weight is 351 g/mol. The van der Waals surface area contributed by atoms with Crippen molar-refractivity contribution in [3.8, 4) is 0 Å². The molecular weight excluding hydrogens is 334 g/mol. The summed E-state index contributed by atoms with van der Waals surface area (Å²) in [6, 6.07) is 5.63. The number of hydrazine groups is 1. The van der Waals surface area contributed by atoms with Crippen LogP contribution in [0.25, 0.3) is 0 Å². The molecule has 2 amide bonds. The zero-order valence-corrected chi connectivity index (χ0v) is 14.2. The molecule has 2 rings (SSSR count). The van der Waals surface area contributed by atoms with Crippen molar-refractivity contribution in [2.24, 2.45) is 0 Å². The smallest absolute Gasteiger partial charge is 0.273 e. The van der Waals surface area contributed by atoms with Gasteiger partial charge in [0, 0.05) is 5.56 Å². The van der Waals surface area contributed by atoms with E-state index in [-0.39, 0.29) is 10.5 Å². The minimum Gasteiger partial charge on any atom is -0.469 e. The van der Waals surface area contributed by atoms with E-state index >= 15 is 0 Å². The van der Waals surface area contributed by atoms with Gasteiger partial charge in [-0.05, 0) is 44.7 Å². The van der Waals surface area contributed by atoms with Crippen molar-refractivity contribution in [1.82, 2.24) is 15.6 Å². The normalized spacial score (nSPS) is 11.1. The molecule has 24 heavy (non-hydrogen) atoms. The predicted octanol–water partition coefficient (Wildman–Crippen LogP) is 0.879. The fourth-order valence-corrected chi connectivity index (χ4v) is 2.76. The van der Waals surface area contributed by atoms with Gasteiger partial charge in [0.1, 0.15) is 5.76 Å². The van der Waals surface area contributed by atoms with Crippen LogP contribution >= 0.6 is 0 Å². The summed E-state index contributed by atoms with van der Waals surface area (Å²) >= 11 is 0. The number of carbonyl (C=O) groups excluding carboxylic acids is 2. The Balaban J connectivity index is 2.17. The molecule has 0 unspecified atom stereocenters. The van der Waals surface area contributed by atoms with Gasteiger partial charge in [-0.25, -0.2) is 13.1 Å². The highest BCUT2D eigenvalue weighted by atomic mass is 32.2. The Morgan fingerprint density at radius 3 is 2.17 bits per heavy atom. The van der Waals surface area contributed by atoms with Crippen molar-refractivity contribution in [1.29, 1.82) is 0 Å². The van der Waals surface area contributed by atoms with Gasteiger partial charge in [0.25, 0.3) is 11.8 Å². The zero-order valence-electron chi connectivity index (χ0n) is 13.3. The number of rotatable bonds is 4. The third kappa shape index (κ3) is 3.63. The number of furan rings is 1. The highest BCUT2D eigenvalue weighted by Crippen LogP contribution is 2.15. The van der Waals surface area contributed by atoms with Crippen LogP contribution in [0.5, 0.6) is 0 Å². The van der Waals surface area contributed by atoms with Crippen LogP contribution in [-0.4, -0.2) is 27.3 Å². The van der Waals surface area contributed by atoms with Crippen molar-refractivity contribution < 1.29 is 22.4 Å². The fourth-order valence-electron chi connectivity index (χ4n) is 2.00. The summed E-state index contributed by atoms with van der Waals surface area (Å²) < 4.78 is 30.8. The van der Waals surface area contributed by atoms with Crippen LogP contribution in [0.15, 0.2) is 39.8 Å². The minimum absolute atomic E-state index is 0.0437. The molecule has 1 heterocycles. The van der Waals surface area contributed by atoms with Crippen LogP contribution in [0.4, 0.5) is 0 Å². The first-order valence-corrected chi connectivity index (χ1v) is 8.43. The van der Waals surface area contributed by atoms with Gasteiger partial charge < -0.3 is 4.42 Å². The predicted molar refractivity (Wildman–Crippen MR) is 85.8 cm³/mol. The van der Waals surface area contributed by atoms with Crippen LogP contribution in [0.3, 0.4) is 0 Å². The quantitative estimate of drug-likeness (QED) is 0.707. The topological polar surface area (TPSA) is 118 Å². The lowest BCUT2D eigenvalue weighted by molar-refractivity contribution is 0.0845. The number of hydrogen-bond acceptors (Lipinski definition) is 5. The lowest BCUT2D eigenvalue weighted by atomic mass is 10.1. The molecule has 128 valence electrons. The summed E-state index contributed by atoms with van der Waals surface area (Å²) in [6.07, 6.45) is 1.36. The maximum Gasteiger partial charge on any atom is 0.273 e. The monoisotopic (exact) mass is 351 g/mol. The van der Waals surface area contributed by atoms with Crippen LogP contribution in [0.2, 0.25) is 0 Å². The second-order valence-corrected chi connectivity index (χ2v) is 6.87. The first kappa shape index (κ1) is 17.7. The largest absolute Gasteiger partial charge is 0.469 e. The van der Waals surface area contributed by atoms with Crippen LogP contribution in [0.1, 0.15) is 32.0 Å². The van der Waals surface area contributed by atoms with E-state index < -0.39 is 21.8 Å². The maximum atomic E-state index is 12.2.